The van der Waals surface area contributed by atoms with Crippen LogP contribution >= 0.6 is 0 Å². The van der Waals surface area contributed by atoms with Gasteiger partial charge < -0.3 is 15.0 Å². The molecule has 0 fully saturated rings. The summed E-state index contributed by atoms with van der Waals surface area (Å²) < 4.78 is 4.68. The van der Waals surface area contributed by atoms with Crippen LogP contribution in [-0.4, -0.2) is 49.6 Å². The lowest BCUT2D eigenvalue weighted by molar-refractivity contribution is -0.145. The zero-order valence-corrected chi connectivity index (χ0v) is 11.4. The fourth-order valence-corrected chi connectivity index (χ4v) is 1.67. The molecule has 0 aliphatic heterocycles. The molecule has 0 bridgehead atoms. The molecule has 5 nitrogen and oxygen atoms in total. The third kappa shape index (κ3) is 6.94. The minimum Gasteiger partial charge on any atom is -0.467 e. The molecule has 0 aromatic heterocycles. The molecule has 1 N–H and O–H groups in total. The first-order chi connectivity index (χ1) is 7.90. The molecule has 0 spiro atoms. The molecule has 0 radical (unpaired) electrons. The molecule has 0 heterocycles. The Hall–Kier alpha value is -1.10. The molecule has 17 heavy (non-hydrogen) atoms. The van der Waals surface area contributed by atoms with Crippen LogP contribution < -0.4 is 5.32 Å². The highest BCUT2D eigenvalue weighted by atomic mass is 16.5. The third-order valence-electron chi connectivity index (χ3n) is 2.37. The highest BCUT2D eigenvalue weighted by molar-refractivity contribution is 5.83. The first kappa shape index (κ1) is 15.9. The van der Waals surface area contributed by atoms with Gasteiger partial charge in [-0.05, 0) is 12.5 Å². The maximum Gasteiger partial charge on any atom is 0.329 e. The van der Waals surface area contributed by atoms with Crippen molar-refractivity contribution in [1.82, 2.24) is 10.2 Å². The molecular weight excluding hydrogens is 220 g/mol. The predicted molar refractivity (Wildman–Crippen MR) is 66.6 cm³/mol. The lowest BCUT2D eigenvalue weighted by Crippen LogP contribution is -2.49. The number of amides is 1. The van der Waals surface area contributed by atoms with Crippen LogP contribution in [0.5, 0.6) is 0 Å². The van der Waals surface area contributed by atoms with E-state index in [0.29, 0.717) is 12.5 Å². The molecule has 1 amide bonds. The monoisotopic (exact) mass is 244 g/mol. The number of rotatable bonds is 7. The Morgan fingerprint density at radius 3 is 2.24 bits per heavy atom. The van der Waals surface area contributed by atoms with Gasteiger partial charge in [0, 0.05) is 20.0 Å². The molecule has 1 unspecified atom stereocenters. The van der Waals surface area contributed by atoms with Crippen molar-refractivity contribution in [2.45, 2.75) is 33.7 Å². The minimum absolute atomic E-state index is 0.221. The maximum atomic E-state index is 11.5. The molecule has 100 valence electrons. The number of carbonyl (C=O) groups is 2. The number of nitrogens with one attached hydrogen (secondary N) is 1. The Kier molecular flexibility index (Phi) is 7.54. The normalized spacial score (nSPS) is 12.6. The molecule has 5 heteroatoms. The number of ether oxygens (including phenoxy) is 1. The molecule has 0 aromatic rings. The Bertz CT molecular complexity index is 254. The van der Waals surface area contributed by atoms with Crippen molar-refractivity contribution in [3.63, 3.8) is 0 Å². The van der Waals surface area contributed by atoms with Crippen LogP contribution in [0.2, 0.25) is 0 Å². The molecule has 0 saturated heterocycles. The van der Waals surface area contributed by atoms with Gasteiger partial charge in [-0.1, -0.05) is 20.8 Å². The van der Waals surface area contributed by atoms with Crippen LogP contribution in [0.4, 0.5) is 0 Å². The first-order valence-corrected chi connectivity index (χ1v) is 5.97. The van der Waals surface area contributed by atoms with Crippen LogP contribution in [0.1, 0.15) is 27.7 Å². The minimum atomic E-state index is -0.587. The number of methoxy groups -OCH3 is 1. The Labute approximate surface area is 103 Å². The standard InChI is InChI=1S/C12H24N2O3/c1-6-14(7-9(2)3)8-11(12(16)17-5)13-10(4)15/h9,11H,6-8H2,1-5H3,(H,13,15). The summed E-state index contributed by atoms with van der Waals surface area (Å²) in [5.41, 5.74) is 0. The third-order valence-corrected chi connectivity index (χ3v) is 2.37. The van der Waals surface area contributed by atoms with Crippen molar-refractivity contribution in [2.24, 2.45) is 5.92 Å². The average molecular weight is 244 g/mol. The summed E-state index contributed by atoms with van der Waals surface area (Å²) in [7, 11) is 1.33. The largest absolute Gasteiger partial charge is 0.467 e. The summed E-state index contributed by atoms with van der Waals surface area (Å²) >= 11 is 0. The summed E-state index contributed by atoms with van der Waals surface area (Å²) in [6.45, 7) is 9.89. The number of nitrogens with zero attached hydrogens (tertiary/aromatic N) is 1. The molecule has 0 aliphatic rings. The van der Waals surface area contributed by atoms with E-state index >= 15 is 0 Å². The van der Waals surface area contributed by atoms with Gasteiger partial charge >= 0.3 is 5.97 Å². The first-order valence-electron chi connectivity index (χ1n) is 5.97. The van der Waals surface area contributed by atoms with Gasteiger partial charge in [-0.3, -0.25) is 4.79 Å². The van der Waals surface area contributed by atoms with Crippen molar-refractivity contribution in [2.75, 3.05) is 26.7 Å². The average Bonchev–Trinajstić information content (AvgIpc) is 2.24. The molecule has 0 rings (SSSR count). The van der Waals surface area contributed by atoms with Crippen molar-refractivity contribution >= 4 is 11.9 Å². The molecule has 1 atom stereocenters. The predicted octanol–water partition coefficient (Wildman–Crippen LogP) is 0.642. The highest BCUT2D eigenvalue weighted by Crippen LogP contribution is 2.01. The van der Waals surface area contributed by atoms with E-state index in [1.165, 1.54) is 14.0 Å². The molecular formula is C12H24N2O3. The maximum absolute atomic E-state index is 11.5. The fraction of sp³-hybridized carbons (Fsp3) is 0.833. The van der Waals surface area contributed by atoms with Gasteiger partial charge in [-0.2, -0.15) is 0 Å². The summed E-state index contributed by atoms with van der Waals surface area (Å²) in [5.74, 6) is -0.103. The second kappa shape index (κ2) is 8.06. The zero-order valence-electron chi connectivity index (χ0n) is 11.4. The lowest BCUT2D eigenvalue weighted by Gasteiger charge is -2.26. The molecule has 0 aliphatic carbocycles. The second-order valence-corrected chi connectivity index (χ2v) is 4.52. The van der Waals surface area contributed by atoms with Crippen molar-refractivity contribution in [3.8, 4) is 0 Å². The van der Waals surface area contributed by atoms with Gasteiger partial charge in [0.2, 0.25) is 5.91 Å². The number of hydrogen-bond donors (Lipinski definition) is 1. The van der Waals surface area contributed by atoms with E-state index in [0.717, 1.165) is 13.1 Å². The Morgan fingerprint density at radius 2 is 1.88 bits per heavy atom. The van der Waals surface area contributed by atoms with Crippen molar-refractivity contribution in [1.29, 1.82) is 0 Å². The van der Waals surface area contributed by atoms with Gasteiger partial charge in [0.1, 0.15) is 6.04 Å². The van der Waals surface area contributed by atoms with E-state index < -0.39 is 12.0 Å². The number of hydrogen-bond acceptors (Lipinski definition) is 4. The van der Waals surface area contributed by atoms with Gasteiger partial charge in [-0.25, -0.2) is 4.79 Å². The number of carbonyl (C=O) groups excluding carboxylic acids is 2. The topological polar surface area (TPSA) is 58.6 Å². The van der Waals surface area contributed by atoms with E-state index in [9.17, 15) is 9.59 Å². The van der Waals surface area contributed by atoms with E-state index in [2.05, 4.69) is 28.8 Å². The highest BCUT2D eigenvalue weighted by Gasteiger charge is 2.22. The van der Waals surface area contributed by atoms with Gasteiger partial charge in [0.25, 0.3) is 0 Å². The van der Waals surface area contributed by atoms with E-state index in [-0.39, 0.29) is 5.91 Å². The summed E-state index contributed by atoms with van der Waals surface area (Å²) in [6, 6.07) is -0.587. The van der Waals surface area contributed by atoms with Crippen molar-refractivity contribution < 1.29 is 14.3 Å². The lowest BCUT2D eigenvalue weighted by atomic mass is 10.2. The Balaban J connectivity index is 4.47. The van der Waals surface area contributed by atoms with Crippen LogP contribution in [-0.2, 0) is 14.3 Å². The van der Waals surface area contributed by atoms with Gasteiger partial charge in [-0.15, -0.1) is 0 Å². The van der Waals surface area contributed by atoms with Crippen LogP contribution in [0.25, 0.3) is 0 Å². The van der Waals surface area contributed by atoms with Crippen molar-refractivity contribution in [3.05, 3.63) is 0 Å². The van der Waals surface area contributed by atoms with E-state index in [1.54, 1.807) is 0 Å². The number of likely N-dealkylation sites (N-methyl/N-ethyl adjacent to an activating group) is 1. The fourth-order valence-electron chi connectivity index (χ4n) is 1.67. The summed E-state index contributed by atoms with van der Waals surface area (Å²) in [5, 5.41) is 2.61. The summed E-state index contributed by atoms with van der Waals surface area (Å²) in [6.07, 6.45) is 0. The van der Waals surface area contributed by atoms with Gasteiger partial charge in [0.05, 0.1) is 7.11 Å². The summed E-state index contributed by atoms with van der Waals surface area (Å²) in [4.78, 5) is 24.7. The molecule has 0 saturated carbocycles. The Morgan fingerprint density at radius 1 is 1.29 bits per heavy atom. The van der Waals surface area contributed by atoms with Crippen LogP contribution in [0, 0.1) is 5.92 Å². The van der Waals surface area contributed by atoms with Gasteiger partial charge in [0.15, 0.2) is 0 Å². The van der Waals surface area contributed by atoms with Crippen LogP contribution in [0.3, 0.4) is 0 Å². The smallest absolute Gasteiger partial charge is 0.329 e. The van der Waals surface area contributed by atoms with Crippen LogP contribution in [0.15, 0.2) is 0 Å². The van der Waals surface area contributed by atoms with E-state index in [1.807, 2.05) is 6.92 Å². The van der Waals surface area contributed by atoms with E-state index in [4.69, 9.17) is 0 Å². The number of esters is 1. The molecule has 0 aromatic carbocycles. The quantitative estimate of drug-likeness (QED) is 0.668. The zero-order chi connectivity index (χ0) is 13.4. The SMILES string of the molecule is CCN(CC(C)C)CC(NC(C)=O)C(=O)OC. The second-order valence-electron chi connectivity index (χ2n) is 4.52.